The zero-order valence-corrected chi connectivity index (χ0v) is 17.2. The highest BCUT2D eigenvalue weighted by Gasteiger charge is 2.15. The van der Waals surface area contributed by atoms with Crippen LogP contribution in [0.25, 0.3) is 34.2 Å². The van der Waals surface area contributed by atoms with Crippen molar-refractivity contribution in [2.24, 2.45) is 0 Å². The molecule has 0 spiro atoms. The molecule has 0 saturated heterocycles. The van der Waals surface area contributed by atoms with Crippen LogP contribution in [0.3, 0.4) is 0 Å². The third-order valence-corrected chi connectivity index (χ3v) is 5.01. The Morgan fingerprint density at radius 2 is 1.81 bits per heavy atom. The zero-order chi connectivity index (χ0) is 21.8. The van der Waals surface area contributed by atoms with Crippen LogP contribution in [0.5, 0.6) is 0 Å². The van der Waals surface area contributed by atoms with Gasteiger partial charge < -0.3 is 9.73 Å². The lowest BCUT2D eigenvalue weighted by Gasteiger charge is -2.00. The molecule has 3 heterocycles. The van der Waals surface area contributed by atoms with E-state index in [1.807, 2.05) is 85.1 Å². The van der Waals surface area contributed by atoms with Crippen LogP contribution in [0.1, 0.15) is 11.3 Å². The molecule has 0 atom stereocenters. The topological polar surface area (TPSA) is 73.0 Å². The average Bonchev–Trinajstić information content (AvgIpc) is 3.47. The number of nitrogens with zero attached hydrogens (tertiary/aromatic N) is 3. The van der Waals surface area contributed by atoms with E-state index >= 15 is 0 Å². The molecule has 156 valence electrons. The molecule has 6 heteroatoms. The fraction of sp³-hybridized carbons (Fsp3) is 0.0385. The Bertz CT molecular complexity index is 1350. The molecule has 3 aromatic heterocycles. The number of para-hydroxylation sites is 2. The predicted octanol–water partition coefficient (Wildman–Crippen LogP) is 5.01. The second-order valence-corrected chi connectivity index (χ2v) is 7.23. The van der Waals surface area contributed by atoms with E-state index in [0.29, 0.717) is 18.0 Å². The Labute approximate surface area is 184 Å². The van der Waals surface area contributed by atoms with E-state index in [9.17, 15) is 4.79 Å². The van der Waals surface area contributed by atoms with Crippen molar-refractivity contribution < 1.29 is 9.21 Å². The minimum absolute atomic E-state index is 0.210. The molecule has 0 saturated carbocycles. The Morgan fingerprint density at radius 3 is 2.62 bits per heavy atom. The van der Waals surface area contributed by atoms with Gasteiger partial charge in [-0.2, -0.15) is 5.10 Å². The molecule has 5 aromatic rings. The van der Waals surface area contributed by atoms with Crippen LogP contribution in [0.4, 0.5) is 0 Å². The van der Waals surface area contributed by atoms with Crippen molar-refractivity contribution in [3.8, 4) is 17.1 Å². The second-order valence-electron chi connectivity index (χ2n) is 7.23. The van der Waals surface area contributed by atoms with Gasteiger partial charge in [0.1, 0.15) is 11.3 Å². The molecule has 0 aliphatic carbocycles. The Balaban J connectivity index is 1.45. The van der Waals surface area contributed by atoms with Gasteiger partial charge in [0.15, 0.2) is 5.76 Å². The van der Waals surface area contributed by atoms with Gasteiger partial charge in [-0.3, -0.25) is 9.78 Å². The van der Waals surface area contributed by atoms with E-state index < -0.39 is 0 Å². The van der Waals surface area contributed by atoms with Crippen LogP contribution in [0, 0.1) is 0 Å². The van der Waals surface area contributed by atoms with Crippen LogP contribution >= 0.6 is 0 Å². The molecular formula is C26H20N4O2. The van der Waals surface area contributed by atoms with Crippen molar-refractivity contribution in [3.05, 3.63) is 109 Å². The first kappa shape index (κ1) is 19.5. The fourth-order valence-electron chi connectivity index (χ4n) is 3.42. The number of hydrogen-bond acceptors (Lipinski definition) is 4. The second kappa shape index (κ2) is 8.73. The highest BCUT2D eigenvalue weighted by atomic mass is 16.3. The monoisotopic (exact) mass is 420 g/mol. The van der Waals surface area contributed by atoms with Gasteiger partial charge in [0, 0.05) is 29.4 Å². The molecular weight excluding hydrogens is 400 g/mol. The number of benzene rings is 2. The van der Waals surface area contributed by atoms with Gasteiger partial charge in [0.25, 0.3) is 0 Å². The number of aromatic nitrogens is 3. The lowest BCUT2D eigenvalue weighted by molar-refractivity contribution is -0.116. The summed E-state index contributed by atoms with van der Waals surface area (Å²) in [7, 11) is 0. The molecule has 0 aliphatic heterocycles. The number of carbonyl (C=O) groups excluding carboxylic acids is 1. The first-order chi connectivity index (χ1) is 15.8. The summed E-state index contributed by atoms with van der Waals surface area (Å²) in [5.74, 6) is 0.438. The van der Waals surface area contributed by atoms with E-state index in [4.69, 9.17) is 9.52 Å². The SMILES string of the molecule is O=C(/C=C/c1cn(-c2ccccc2)nc1-c1cc2ccccc2o1)NCc1ccccn1. The summed E-state index contributed by atoms with van der Waals surface area (Å²) in [4.78, 5) is 16.6. The number of hydrogen-bond donors (Lipinski definition) is 1. The average molecular weight is 420 g/mol. The van der Waals surface area contributed by atoms with Crippen LogP contribution in [-0.2, 0) is 11.3 Å². The summed E-state index contributed by atoms with van der Waals surface area (Å²) in [5, 5.41) is 8.60. The third kappa shape index (κ3) is 4.20. The molecule has 1 amide bonds. The number of pyridine rings is 1. The third-order valence-electron chi connectivity index (χ3n) is 5.01. The maximum absolute atomic E-state index is 12.4. The number of fused-ring (bicyclic) bond motifs is 1. The van der Waals surface area contributed by atoms with Crippen molar-refractivity contribution in [2.45, 2.75) is 6.54 Å². The number of carbonyl (C=O) groups is 1. The van der Waals surface area contributed by atoms with E-state index in [0.717, 1.165) is 27.9 Å². The number of nitrogens with one attached hydrogen (secondary N) is 1. The first-order valence-corrected chi connectivity index (χ1v) is 10.3. The van der Waals surface area contributed by atoms with Gasteiger partial charge in [-0.25, -0.2) is 4.68 Å². The molecule has 2 aromatic carbocycles. The lowest BCUT2D eigenvalue weighted by Crippen LogP contribution is -2.20. The summed E-state index contributed by atoms with van der Waals surface area (Å²) in [6, 6.07) is 25.2. The smallest absolute Gasteiger partial charge is 0.244 e. The number of rotatable bonds is 6. The Kier molecular flexibility index (Phi) is 5.32. The molecule has 0 aliphatic rings. The highest BCUT2D eigenvalue weighted by molar-refractivity contribution is 5.93. The molecule has 0 bridgehead atoms. The summed E-state index contributed by atoms with van der Waals surface area (Å²) in [6.07, 6.45) is 6.85. The number of furan rings is 1. The predicted molar refractivity (Wildman–Crippen MR) is 124 cm³/mol. The van der Waals surface area contributed by atoms with Crippen LogP contribution < -0.4 is 5.32 Å². The molecule has 0 radical (unpaired) electrons. The quantitative estimate of drug-likeness (QED) is 0.392. The van der Waals surface area contributed by atoms with Crippen molar-refractivity contribution in [1.29, 1.82) is 0 Å². The van der Waals surface area contributed by atoms with E-state index in [2.05, 4.69) is 10.3 Å². The van der Waals surface area contributed by atoms with Crippen LogP contribution in [0.15, 0.2) is 102 Å². The molecule has 6 nitrogen and oxygen atoms in total. The van der Waals surface area contributed by atoms with Gasteiger partial charge in [0.05, 0.1) is 17.9 Å². The van der Waals surface area contributed by atoms with Gasteiger partial charge in [-0.05, 0) is 42.5 Å². The zero-order valence-electron chi connectivity index (χ0n) is 17.2. The van der Waals surface area contributed by atoms with Crippen molar-refractivity contribution >= 4 is 23.0 Å². The molecule has 0 unspecified atom stereocenters. The standard InChI is InChI=1S/C26H20N4O2/c31-25(28-17-21-9-6-7-15-27-21)14-13-20-18-30(22-10-2-1-3-11-22)29-26(20)24-16-19-8-4-5-12-23(19)32-24/h1-16,18H,17H2,(H,28,31)/b14-13+. The summed E-state index contributed by atoms with van der Waals surface area (Å²) in [6.45, 7) is 0.365. The van der Waals surface area contributed by atoms with Crippen molar-refractivity contribution in [2.75, 3.05) is 0 Å². The minimum atomic E-state index is -0.210. The van der Waals surface area contributed by atoms with E-state index in [1.54, 1.807) is 17.0 Å². The molecule has 1 N–H and O–H groups in total. The summed E-state index contributed by atoms with van der Waals surface area (Å²) < 4.78 is 7.82. The van der Waals surface area contributed by atoms with E-state index in [-0.39, 0.29) is 5.91 Å². The van der Waals surface area contributed by atoms with Crippen molar-refractivity contribution in [3.63, 3.8) is 0 Å². The largest absolute Gasteiger partial charge is 0.454 e. The van der Waals surface area contributed by atoms with Gasteiger partial charge in [-0.15, -0.1) is 0 Å². The molecule has 5 rings (SSSR count). The highest BCUT2D eigenvalue weighted by Crippen LogP contribution is 2.30. The lowest BCUT2D eigenvalue weighted by atomic mass is 10.2. The Hall–Kier alpha value is -4.45. The van der Waals surface area contributed by atoms with Crippen molar-refractivity contribution in [1.82, 2.24) is 20.1 Å². The Morgan fingerprint density at radius 1 is 1.00 bits per heavy atom. The maximum atomic E-state index is 12.4. The minimum Gasteiger partial charge on any atom is -0.454 e. The van der Waals surface area contributed by atoms with Gasteiger partial charge in [0.2, 0.25) is 5.91 Å². The maximum Gasteiger partial charge on any atom is 0.244 e. The molecule has 32 heavy (non-hydrogen) atoms. The first-order valence-electron chi connectivity index (χ1n) is 10.3. The molecule has 0 fully saturated rings. The van der Waals surface area contributed by atoms with Gasteiger partial charge >= 0.3 is 0 Å². The van der Waals surface area contributed by atoms with E-state index in [1.165, 1.54) is 6.08 Å². The summed E-state index contributed by atoms with van der Waals surface area (Å²) >= 11 is 0. The number of amides is 1. The van der Waals surface area contributed by atoms with Crippen LogP contribution in [0.2, 0.25) is 0 Å². The van der Waals surface area contributed by atoms with Gasteiger partial charge in [-0.1, -0.05) is 42.5 Å². The fourth-order valence-corrected chi connectivity index (χ4v) is 3.42. The summed E-state index contributed by atoms with van der Waals surface area (Å²) in [5.41, 5.74) is 3.96. The normalized spacial score (nSPS) is 11.2. The van der Waals surface area contributed by atoms with Crippen LogP contribution in [-0.4, -0.2) is 20.7 Å².